The number of hydrogen-bond acceptors (Lipinski definition) is 4. The summed E-state index contributed by atoms with van der Waals surface area (Å²) < 4.78 is 12.0. The van der Waals surface area contributed by atoms with Crippen molar-refractivity contribution < 1.29 is 14.3 Å². The summed E-state index contributed by atoms with van der Waals surface area (Å²) in [4.78, 5) is 11.9. The number of carbonyl (C=O) groups excluding carboxylic acids is 1. The summed E-state index contributed by atoms with van der Waals surface area (Å²) in [6.45, 7) is 3.82. The van der Waals surface area contributed by atoms with E-state index in [1.54, 1.807) is 19.2 Å². The maximum Gasteiger partial charge on any atom is 0.244 e. The van der Waals surface area contributed by atoms with Gasteiger partial charge in [-0.05, 0) is 49.2 Å². The SMILES string of the molecule is COc1cc(/C=N\NC(=O)Cc2ccc(Br)cc2)cc(Cl)c1OC(C)C. The maximum atomic E-state index is 11.9. The molecule has 0 fully saturated rings. The van der Waals surface area contributed by atoms with Crippen LogP contribution < -0.4 is 14.9 Å². The molecule has 5 nitrogen and oxygen atoms in total. The van der Waals surface area contributed by atoms with Crippen molar-refractivity contribution in [2.24, 2.45) is 5.10 Å². The summed E-state index contributed by atoms with van der Waals surface area (Å²) in [5.41, 5.74) is 4.09. The average molecular weight is 440 g/mol. The molecule has 0 aromatic heterocycles. The third-order valence-electron chi connectivity index (χ3n) is 3.29. The molecule has 0 heterocycles. The zero-order valence-electron chi connectivity index (χ0n) is 14.8. The highest BCUT2D eigenvalue weighted by atomic mass is 79.9. The standard InChI is InChI=1S/C19H20BrClN2O3/c1-12(2)26-19-16(21)8-14(9-17(19)25-3)11-22-23-18(24)10-13-4-6-15(20)7-5-13/h4-9,11-12H,10H2,1-3H3,(H,23,24)/b22-11-. The number of hydrazone groups is 1. The highest BCUT2D eigenvalue weighted by Crippen LogP contribution is 2.36. The molecular weight excluding hydrogens is 420 g/mol. The smallest absolute Gasteiger partial charge is 0.244 e. The molecule has 2 aromatic carbocycles. The van der Waals surface area contributed by atoms with Crippen molar-refractivity contribution in [1.29, 1.82) is 0 Å². The van der Waals surface area contributed by atoms with Crippen molar-refractivity contribution in [3.63, 3.8) is 0 Å². The fourth-order valence-electron chi connectivity index (χ4n) is 2.17. The van der Waals surface area contributed by atoms with Crippen molar-refractivity contribution in [2.75, 3.05) is 7.11 Å². The summed E-state index contributed by atoms with van der Waals surface area (Å²) >= 11 is 9.62. The van der Waals surface area contributed by atoms with E-state index in [9.17, 15) is 4.79 Å². The molecule has 1 amide bonds. The average Bonchev–Trinajstić information content (AvgIpc) is 2.58. The Bertz CT molecular complexity index is 792. The third-order valence-corrected chi connectivity index (χ3v) is 4.10. The van der Waals surface area contributed by atoms with Crippen LogP contribution in [-0.4, -0.2) is 25.3 Å². The highest BCUT2D eigenvalue weighted by molar-refractivity contribution is 9.10. The quantitative estimate of drug-likeness (QED) is 0.507. The largest absolute Gasteiger partial charge is 0.493 e. The molecule has 0 atom stereocenters. The Labute approximate surface area is 166 Å². The number of carbonyl (C=O) groups is 1. The molecule has 0 unspecified atom stereocenters. The van der Waals surface area contributed by atoms with E-state index < -0.39 is 0 Å². The number of nitrogens with zero attached hydrogens (tertiary/aromatic N) is 1. The van der Waals surface area contributed by atoms with Gasteiger partial charge in [0.05, 0.1) is 30.9 Å². The second kappa shape index (κ2) is 9.59. The molecule has 0 spiro atoms. The monoisotopic (exact) mass is 438 g/mol. The van der Waals surface area contributed by atoms with E-state index in [0.29, 0.717) is 22.1 Å². The Kier molecular flexibility index (Phi) is 7.48. The third kappa shape index (κ3) is 6.04. The van der Waals surface area contributed by atoms with E-state index >= 15 is 0 Å². The molecule has 0 saturated carbocycles. The normalized spacial score (nSPS) is 11.0. The number of methoxy groups -OCH3 is 1. The molecule has 7 heteroatoms. The molecule has 1 N–H and O–H groups in total. The van der Waals surface area contributed by atoms with Gasteiger partial charge in [0.25, 0.3) is 0 Å². The Morgan fingerprint density at radius 3 is 2.62 bits per heavy atom. The summed E-state index contributed by atoms with van der Waals surface area (Å²) in [7, 11) is 1.54. The van der Waals surface area contributed by atoms with Crippen molar-refractivity contribution in [3.8, 4) is 11.5 Å². The first-order valence-corrected chi connectivity index (χ1v) is 9.16. The topological polar surface area (TPSA) is 59.9 Å². The summed E-state index contributed by atoms with van der Waals surface area (Å²) in [6, 6.07) is 11.0. The Hall–Kier alpha value is -2.05. The van der Waals surface area contributed by atoms with Gasteiger partial charge in [-0.2, -0.15) is 5.10 Å². The predicted molar refractivity (Wildman–Crippen MR) is 107 cm³/mol. The van der Waals surface area contributed by atoms with Gasteiger partial charge in [-0.15, -0.1) is 0 Å². The van der Waals surface area contributed by atoms with Crippen LogP contribution in [0.5, 0.6) is 11.5 Å². The number of benzene rings is 2. The van der Waals surface area contributed by atoms with Crippen molar-refractivity contribution in [3.05, 3.63) is 57.0 Å². The molecule has 26 heavy (non-hydrogen) atoms. The Morgan fingerprint density at radius 1 is 1.31 bits per heavy atom. The summed E-state index contributed by atoms with van der Waals surface area (Å²) in [5, 5.41) is 4.39. The molecule has 0 radical (unpaired) electrons. The minimum atomic E-state index is -0.207. The minimum absolute atomic E-state index is 0.0289. The zero-order valence-corrected chi connectivity index (χ0v) is 17.1. The van der Waals surface area contributed by atoms with E-state index in [0.717, 1.165) is 10.0 Å². The number of hydrogen-bond donors (Lipinski definition) is 1. The van der Waals surface area contributed by atoms with E-state index in [1.807, 2.05) is 38.1 Å². The van der Waals surface area contributed by atoms with Crippen LogP contribution in [0.25, 0.3) is 0 Å². The van der Waals surface area contributed by atoms with E-state index in [1.165, 1.54) is 6.21 Å². The minimum Gasteiger partial charge on any atom is -0.493 e. The fraction of sp³-hybridized carbons (Fsp3) is 0.263. The van der Waals surface area contributed by atoms with Gasteiger partial charge in [0.2, 0.25) is 5.91 Å². The van der Waals surface area contributed by atoms with Gasteiger partial charge in [0.1, 0.15) is 0 Å². The molecule has 0 aliphatic heterocycles. The van der Waals surface area contributed by atoms with E-state index in [-0.39, 0.29) is 18.4 Å². The van der Waals surface area contributed by atoms with Gasteiger partial charge in [-0.1, -0.05) is 39.7 Å². The van der Waals surface area contributed by atoms with Crippen LogP contribution in [0.4, 0.5) is 0 Å². The molecule has 2 rings (SSSR count). The van der Waals surface area contributed by atoms with Crippen LogP contribution in [0.3, 0.4) is 0 Å². The van der Waals surface area contributed by atoms with Crippen LogP contribution >= 0.6 is 27.5 Å². The van der Waals surface area contributed by atoms with Crippen LogP contribution in [0.2, 0.25) is 5.02 Å². The lowest BCUT2D eigenvalue weighted by Gasteiger charge is -2.15. The first kappa shape index (κ1) is 20.3. The van der Waals surface area contributed by atoms with Crippen molar-refractivity contribution >= 4 is 39.7 Å². The van der Waals surface area contributed by atoms with E-state index in [4.69, 9.17) is 21.1 Å². The van der Waals surface area contributed by atoms with Crippen LogP contribution in [0.15, 0.2) is 46.0 Å². The molecule has 0 aliphatic carbocycles. The molecule has 0 saturated heterocycles. The zero-order chi connectivity index (χ0) is 19.1. The Balaban J connectivity index is 2.02. The second-order valence-corrected chi connectivity index (χ2v) is 7.12. The maximum absolute atomic E-state index is 11.9. The molecule has 0 bridgehead atoms. The summed E-state index contributed by atoms with van der Waals surface area (Å²) in [5.74, 6) is 0.788. The second-order valence-electron chi connectivity index (χ2n) is 5.80. The number of rotatable bonds is 7. The van der Waals surface area contributed by atoms with Gasteiger partial charge >= 0.3 is 0 Å². The molecule has 138 valence electrons. The van der Waals surface area contributed by atoms with Crippen molar-refractivity contribution in [2.45, 2.75) is 26.4 Å². The lowest BCUT2D eigenvalue weighted by Crippen LogP contribution is -2.19. The van der Waals surface area contributed by atoms with E-state index in [2.05, 4.69) is 26.5 Å². The molecule has 2 aromatic rings. The number of halogens is 2. The predicted octanol–water partition coefficient (Wildman–Crippen LogP) is 4.59. The fourth-order valence-corrected chi connectivity index (χ4v) is 2.70. The van der Waals surface area contributed by atoms with Gasteiger partial charge in [-0.3, -0.25) is 4.79 Å². The molecular formula is C19H20BrClN2O3. The van der Waals surface area contributed by atoms with Crippen LogP contribution in [0, 0.1) is 0 Å². The van der Waals surface area contributed by atoms with Crippen molar-refractivity contribution in [1.82, 2.24) is 5.43 Å². The van der Waals surface area contributed by atoms with Gasteiger partial charge < -0.3 is 9.47 Å². The van der Waals surface area contributed by atoms with Crippen LogP contribution in [-0.2, 0) is 11.2 Å². The van der Waals surface area contributed by atoms with Gasteiger partial charge in [0, 0.05) is 4.47 Å². The number of ether oxygens (including phenoxy) is 2. The van der Waals surface area contributed by atoms with Gasteiger partial charge in [-0.25, -0.2) is 5.43 Å². The summed E-state index contributed by atoms with van der Waals surface area (Å²) in [6.07, 6.45) is 1.72. The lowest BCUT2D eigenvalue weighted by atomic mass is 10.1. The van der Waals surface area contributed by atoms with Crippen LogP contribution in [0.1, 0.15) is 25.0 Å². The van der Waals surface area contributed by atoms with Gasteiger partial charge in [0.15, 0.2) is 11.5 Å². The highest BCUT2D eigenvalue weighted by Gasteiger charge is 2.13. The lowest BCUT2D eigenvalue weighted by molar-refractivity contribution is -0.120. The number of amides is 1. The first-order chi connectivity index (χ1) is 12.4. The molecule has 0 aliphatic rings. The number of nitrogens with one attached hydrogen (secondary N) is 1. The Morgan fingerprint density at radius 2 is 2.00 bits per heavy atom. The first-order valence-electron chi connectivity index (χ1n) is 7.99.